The minimum absolute atomic E-state index is 0.702. The molecule has 0 bridgehead atoms. The van der Waals surface area contributed by atoms with Crippen LogP contribution in [-0.2, 0) is 0 Å². The Hall–Kier alpha value is -2.75. The van der Waals surface area contributed by atoms with Crippen molar-refractivity contribution in [2.24, 2.45) is 0 Å². The minimum Gasteiger partial charge on any atom is -0.497 e. The van der Waals surface area contributed by atoms with Crippen molar-refractivity contribution in [2.45, 2.75) is 0 Å². The van der Waals surface area contributed by atoms with Crippen LogP contribution in [0.15, 0.2) is 67.3 Å². The maximum Gasteiger partial charge on any atom is 0.247 e. The van der Waals surface area contributed by atoms with Gasteiger partial charge in [-0.05, 0) is 24.3 Å². The van der Waals surface area contributed by atoms with Crippen molar-refractivity contribution in [1.29, 1.82) is 0 Å². The fourth-order valence-corrected chi connectivity index (χ4v) is 1.91. The van der Waals surface area contributed by atoms with Gasteiger partial charge in [-0.3, -0.25) is 0 Å². The predicted molar refractivity (Wildman–Crippen MR) is 75.6 cm³/mol. The van der Waals surface area contributed by atoms with Gasteiger partial charge in [-0.1, -0.05) is 6.07 Å². The standard InChI is InChI=1S/C16H14N3O/c1-20-15-7-5-13(6-8-15)16-17-11-14(12-18-16)19-9-3-2-4-10-19/h2-12H,1H3/q+1. The molecule has 0 unspecified atom stereocenters. The zero-order valence-corrected chi connectivity index (χ0v) is 11.1. The molecule has 3 aromatic rings. The third-order valence-corrected chi connectivity index (χ3v) is 3.00. The van der Waals surface area contributed by atoms with E-state index in [4.69, 9.17) is 4.74 Å². The maximum atomic E-state index is 5.14. The van der Waals surface area contributed by atoms with Crippen molar-refractivity contribution >= 4 is 0 Å². The van der Waals surface area contributed by atoms with E-state index in [1.54, 1.807) is 7.11 Å². The second kappa shape index (κ2) is 5.48. The Bertz CT molecular complexity index is 679. The number of hydrogen-bond donors (Lipinski definition) is 0. The van der Waals surface area contributed by atoms with Gasteiger partial charge in [-0.25, -0.2) is 9.97 Å². The van der Waals surface area contributed by atoms with E-state index in [0.29, 0.717) is 5.82 Å². The van der Waals surface area contributed by atoms with Gasteiger partial charge in [0.25, 0.3) is 0 Å². The Morgan fingerprint density at radius 1 is 0.900 bits per heavy atom. The summed E-state index contributed by atoms with van der Waals surface area (Å²) in [5.74, 6) is 1.53. The molecule has 0 aliphatic carbocycles. The van der Waals surface area contributed by atoms with Crippen LogP contribution in [0.4, 0.5) is 0 Å². The molecule has 98 valence electrons. The number of pyridine rings is 1. The molecule has 0 saturated carbocycles. The van der Waals surface area contributed by atoms with E-state index in [1.165, 1.54) is 0 Å². The number of rotatable bonds is 3. The zero-order chi connectivity index (χ0) is 13.8. The van der Waals surface area contributed by atoms with E-state index in [9.17, 15) is 0 Å². The molecular weight excluding hydrogens is 250 g/mol. The number of nitrogens with zero attached hydrogens (tertiary/aromatic N) is 3. The highest BCUT2D eigenvalue weighted by molar-refractivity contribution is 5.56. The first-order valence-electron chi connectivity index (χ1n) is 6.30. The average Bonchev–Trinajstić information content (AvgIpc) is 2.56. The van der Waals surface area contributed by atoms with E-state index in [0.717, 1.165) is 17.0 Å². The number of aromatic nitrogens is 3. The molecule has 0 atom stereocenters. The average molecular weight is 264 g/mol. The van der Waals surface area contributed by atoms with Gasteiger partial charge in [0.05, 0.1) is 7.11 Å². The molecule has 0 aliphatic heterocycles. The van der Waals surface area contributed by atoms with Gasteiger partial charge < -0.3 is 4.74 Å². The third-order valence-electron chi connectivity index (χ3n) is 3.00. The summed E-state index contributed by atoms with van der Waals surface area (Å²) in [7, 11) is 1.65. The lowest BCUT2D eigenvalue weighted by molar-refractivity contribution is -0.596. The van der Waals surface area contributed by atoms with E-state index in [2.05, 4.69) is 9.97 Å². The van der Waals surface area contributed by atoms with Gasteiger partial charge in [0.1, 0.15) is 18.1 Å². The summed E-state index contributed by atoms with van der Waals surface area (Å²) in [6.07, 6.45) is 7.55. The molecule has 0 aliphatic rings. The van der Waals surface area contributed by atoms with Crippen molar-refractivity contribution in [2.75, 3.05) is 7.11 Å². The molecule has 0 fully saturated rings. The van der Waals surface area contributed by atoms with Crippen molar-refractivity contribution in [1.82, 2.24) is 9.97 Å². The van der Waals surface area contributed by atoms with Crippen molar-refractivity contribution in [3.8, 4) is 22.8 Å². The zero-order valence-electron chi connectivity index (χ0n) is 11.1. The Balaban J connectivity index is 1.89. The highest BCUT2D eigenvalue weighted by atomic mass is 16.5. The number of benzene rings is 1. The van der Waals surface area contributed by atoms with Crippen molar-refractivity contribution < 1.29 is 9.30 Å². The number of hydrogen-bond acceptors (Lipinski definition) is 3. The van der Waals surface area contributed by atoms with Gasteiger partial charge in [-0.15, -0.1) is 0 Å². The first-order chi connectivity index (χ1) is 9.86. The lowest BCUT2D eigenvalue weighted by Crippen LogP contribution is -2.29. The monoisotopic (exact) mass is 264 g/mol. The summed E-state index contributed by atoms with van der Waals surface area (Å²) in [5.41, 5.74) is 1.90. The van der Waals surface area contributed by atoms with E-state index in [1.807, 2.05) is 71.8 Å². The summed E-state index contributed by atoms with van der Waals surface area (Å²) in [4.78, 5) is 8.82. The predicted octanol–water partition coefficient (Wildman–Crippen LogP) is 2.43. The summed E-state index contributed by atoms with van der Waals surface area (Å²) < 4.78 is 7.11. The van der Waals surface area contributed by atoms with Crippen LogP contribution >= 0.6 is 0 Å². The highest BCUT2D eigenvalue weighted by Gasteiger charge is 2.07. The fraction of sp³-hybridized carbons (Fsp3) is 0.0625. The molecule has 0 amide bonds. The molecule has 4 heteroatoms. The van der Waals surface area contributed by atoms with E-state index in [-0.39, 0.29) is 0 Å². The molecule has 0 spiro atoms. The molecule has 20 heavy (non-hydrogen) atoms. The van der Waals surface area contributed by atoms with Crippen LogP contribution in [0.1, 0.15) is 0 Å². The molecular formula is C16H14N3O+. The molecule has 1 aromatic carbocycles. The second-order valence-corrected chi connectivity index (χ2v) is 4.28. The highest BCUT2D eigenvalue weighted by Crippen LogP contribution is 2.18. The van der Waals surface area contributed by atoms with E-state index < -0.39 is 0 Å². The fourth-order valence-electron chi connectivity index (χ4n) is 1.91. The Morgan fingerprint density at radius 3 is 2.15 bits per heavy atom. The first kappa shape index (κ1) is 12.3. The van der Waals surface area contributed by atoms with Gasteiger partial charge in [0.15, 0.2) is 18.2 Å². The maximum absolute atomic E-state index is 5.14. The van der Waals surface area contributed by atoms with Crippen LogP contribution in [0.3, 0.4) is 0 Å². The van der Waals surface area contributed by atoms with Crippen molar-refractivity contribution in [3.63, 3.8) is 0 Å². The lowest BCUT2D eigenvalue weighted by atomic mass is 10.2. The minimum atomic E-state index is 0.702. The summed E-state index contributed by atoms with van der Waals surface area (Å²) in [5, 5.41) is 0. The van der Waals surface area contributed by atoms with Crippen LogP contribution in [-0.4, -0.2) is 17.1 Å². The van der Waals surface area contributed by atoms with Crippen LogP contribution < -0.4 is 9.30 Å². The van der Waals surface area contributed by atoms with Crippen molar-refractivity contribution in [3.05, 3.63) is 67.3 Å². The van der Waals surface area contributed by atoms with Gasteiger partial charge in [0, 0.05) is 17.7 Å². The molecule has 0 saturated heterocycles. The number of ether oxygens (including phenoxy) is 1. The van der Waals surface area contributed by atoms with Crippen LogP contribution in [0.2, 0.25) is 0 Å². The Morgan fingerprint density at radius 2 is 1.55 bits per heavy atom. The molecule has 0 N–H and O–H groups in total. The van der Waals surface area contributed by atoms with Gasteiger partial charge in [0.2, 0.25) is 5.69 Å². The van der Waals surface area contributed by atoms with Crippen LogP contribution in [0.25, 0.3) is 17.1 Å². The third kappa shape index (κ3) is 2.49. The second-order valence-electron chi connectivity index (χ2n) is 4.28. The largest absolute Gasteiger partial charge is 0.497 e. The van der Waals surface area contributed by atoms with Gasteiger partial charge >= 0.3 is 0 Å². The lowest BCUT2D eigenvalue weighted by Gasteiger charge is -2.02. The normalized spacial score (nSPS) is 10.2. The molecule has 2 aromatic heterocycles. The van der Waals surface area contributed by atoms with Crippen LogP contribution in [0.5, 0.6) is 5.75 Å². The molecule has 4 nitrogen and oxygen atoms in total. The van der Waals surface area contributed by atoms with Gasteiger partial charge in [-0.2, -0.15) is 4.57 Å². The number of methoxy groups -OCH3 is 1. The van der Waals surface area contributed by atoms with E-state index >= 15 is 0 Å². The smallest absolute Gasteiger partial charge is 0.247 e. The summed E-state index contributed by atoms with van der Waals surface area (Å²) >= 11 is 0. The molecule has 3 rings (SSSR count). The SMILES string of the molecule is COc1ccc(-c2ncc(-[n+]3ccccc3)cn2)cc1. The topological polar surface area (TPSA) is 38.9 Å². The quantitative estimate of drug-likeness (QED) is 0.682. The summed E-state index contributed by atoms with van der Waals surface area (Å²) in [6, 6.07) is 13.6. The first-order valence-corrected chi connectivity index (χ1v) is 6.30. The Labute approximate surface area is 117 Å². The molecule has 2 heterocycles. The molecule has 0 radical (unpaired) electrons. The Kier molecular flexibility index (Phi) is 3.37. The summed E-state index contributed by atoms with van der Waals surface area (Å²) in [6.45, 7) is 0. The van der Waals surface area contributed by atoms with Crippen LogP contribution in [0, 0.1) is 0 Å².